The van der Waals surface area contributed by atoms with Crippen molar-refractivity contribution in [2.24, 2.45) is 12.8 Å². The van der Waals surface area contributed by atoms with Crippen LogP contribution in [-0.2, 0) is 7.05 Å². The number of aryl methyl sites for hydroxylation is 1. The number of unbranched alkanes of at least 4 members (excludes halogenated alkanes) is 1. The van der Waals surface area contributed by atoms with Gasteiger partial charge in [0.1, 0.15) is 0 Å². The van der Waals surface area contributed by atoms with Gasteiger partial charge >= 0.3 is 0 Å². The Hall–Kier alpha value is -1.35. The molecule has 3 heteroatoms. The van der Waals surface area contributed by atoms with Crippen molar-refractivity contribution in [3.05, 3.63) is 36.2 Å². The molecule has 0 saturated heterocycles. The van der Waals surface area contributed by atoms with Gasteiger partial charge in [-0.25, -0.2) is 0 Å². The van der Waals surface area contributed by atoms with Gasteiger partial charge in [-0.1, -0.05) is 31.6 Å². The summed E-state index contributed by atoms with van der Waals surface area (Å²) in [5, 5.41) is 4.15. The first-order valence-electron chi connectivity index (χ1n) is 5.33. The lowest BCUT2D eigenvalue weighted by atomic mass is 10.1. The van der Waals surface area contributed by atoms with Crippen molar-refractivity contribution in [2.75, 3.05) is 6.54 Å². The van der Waals surface area contributed by atoms with Crippen molar-refractivity contribution in [3.63, 3.8) is 0 Å². The summed E-state index contributed by atoms with van der Waals surface area (Å²) in [6.07, 6.45) is 12.4. The number of nitrogens with zero attached hydrogens (tertiary/aromatic N) is 2. The Morgan fingerprint density at radius 2 is 2.40 bits per heavy atom. The van der Waals surface area contributed by atoms with Crippen LogP contribution in [0.5, 0.6) is 0 Å². The number of allylic oxidation sites excluding steroid dienone is 3. The van der Waals surface area contributed by atoms with Crippen LogP contribution in [0.2, 0.25) is 0 Å². The summed E-state index contributed by atoms with van der Waals surface area (Å²) >= 11 is 0. The largest absolute Gasteiger partial charge is 0.327 e. The molecule has 0 unspecified atom stereocenters. The van der Waals surface area contributed by atoms with Crippen LogP contribution in [0, 0.1) is 0 Å². The Labute approximate surface area is 91.3 Å². The number of hydrogen-bond donors (Lipinski definition) is 1. The quantitative estimate of drug-likeness (QED) is 0.748. The maximum Gasteiger partial charge on any atom is 0.0568 e. The summed E-state index contributed by atoms with van der Waals surface area (Å²) < 4.78 is 1.80. The molecule has 1 aromatic heterocycles. The molecular formula is C12H19N3. The van der Waals surface area contributed by atoms with Gasteiger partial charge in [-0.15, -0.1) is 0 Å². The van der Waals surface area contributed by atoms with E-state index in [9.17, 15) is 0 Å². The van der Waals surface area contributed by atoms with Crippen LogP contribution in [0.25, 0.3) is 5.57 Å². The predicted molar refractivity (Wildman–Crippen MR) is 64.3 cm³/mol. The molecule has 1 heterocycles. The maximum atomic E-state index is 5.54. The number of aromatic nitrogens is 2. The van der Waals surface area contributed by atoms with Crippen LogP contribution < -0.4 is 5.73 Å². The lowest BCUT2D eigenvalue weighted by Crippen LogP contribution is -1.94. The summed E-state index contributed by atoms with van der Waals surface area (Å²) in [5.74, 6) is 0. The summed E-state index contributed by atoms with van der Waals surface area (Å²) in [6.45, 7) is 2.72. The van der Waals surface area contributed by atoms with Crippen molar-refractivity contribution >= 4 is 5.57 Å². The van der Waals surface area contributed by atoms with E-state index in [-0.39, 0.29) is 0 Å². The fourth-order valence-electron chi connectivity index (χ4n) is 1.36. The molecule has 0 aromatic carbocycles. The zero-order chi connectivity index (χ0) is 11.1. The van der Waals surface area contributed by atoms with E-state index in [1.54, 1.807) is 4.68 Å². The number of rotatable bonds is 5. The standard InChI is InChI=1S/C12H19N3/c1-3-4-5-6-11(7-8-13)12-9-14-15(2)10-12/h5-7,9-10H,3-4,8,13H2,1-2H3/b6-5-,11-7+. The van der Waals surface area contributed by atoms with Gasteiger partial charge in [0.2, 0.25) is 0 Å². The Kier molecular flexibility index (Phi) is 4.84. The summed E-state index contributed by atoms with van der Waals surface area (Å²) in [7, 11) is 1.92. The zero-order valence-corrected chi connectivity index (χ0v) is 9.48. The van der Waals surface area contributed by atoms with Crippen LogP contribution in [-0.4, -0.2) is 16.3 Å². The molecule has 0 radical (unpaired) electrons. The first-order chi connectivity index (χ1) is 7.27. The summed E-state index contributed by atoms with van der Waals surface area (Å²) in [6, 6.07) is 0. The van der Waals surface area contributed by atoms with E-state index in [0.29, 0.717) is 6.54 Å². The molecule has 82 valence electrons. The molecule has 0 aliphatic carbocycles. The Morgan fingerprint density at radius 1 is 1.60 bits per heavy atom. The van der Waals surface area contributed by atoms with Crippen molar-refractivity contribution in [1.82, 2.24) is 9.78 Å². The van der Waals surface area contributed by atoms with E-state index in [0.717, 1.165) is 17.6 Å². The molecule has 0 spiro atoms. The molecule has 1 aromatic rings. The van der Waals surface area contributed by atoms with E-state index in [2.05, 4.69) is 24.2 Å². The highest BCUT2D eigenvalue weighted by Gasteiger charge is 1.99. The van der Waals surface area contributed by atoms with E-state index < -0.39 is 0 Å². The second-order valence-electron chi connectivity index (χ2n) is 3.49. The first-order valence-corrected chi connectivity index (χ1v) is 5.33. The Bertz CT molecular complexity index is 348. The first kappa shape index (κ1) is 11.7. The SMILES string of the molecule is CCC/C=C\C(=C/CN)c1cnn(C)c1. The third-order valence-corrected chi connectivity index (χ3v) is 2.13. The van der Waals surface area contributed by atoms with Gasteiger partial charge in [0.25, 0.3) is 0 Å². The Morgan fingerprint density at radius 3 is 2.93 bits per heavy atom. The minimum absolute atomic E-state index is 0.556. The average molecular weight is 205 g/mol. The molecule has 3 nitrogen and oxygen atoms in total. The smallest absolute Gasteiger partial charge is 0.0568 e. The van der Waals surface area contributed by atoms with Crippen LogP contribution in [0.3, 0.4) is 0 Å². The second kappa shape index (κ2) is 6.19. The fraction of sp³-hybridized carbons (Fsp3) is 0.417. The average Bonchev–Trinajstić information content (AvgIpc) is 2.64. The third kappa shape index (κ3) is 3.72. The zero-order valence-electron chi connectivity index (χ0n) is 9.48. The van der Waals surface area contributed by atoms with Gasteiger partial charge in [0.15, 0.2) is 0 Å². The van der Waals surface area contributed by atoms with Gasteiger partial charge in [0, 0.05) is 25.4 Å². The lowest BCUT2D eigenvalue weighted by Gasteiger charge is -1.97. The number of nitrogens with two attached hydrogens (primary N) is 1. The molecule has 1 rings (SSSR count). The highest BCUT2D eigenvalue weighted by Crippen LogP contribution is 2.14. The molecular weight excluding hydrogens is 186 g/mol. The molecule has 0 aliphatic heterocycles. The molecule has 15 heavy (non-hydrogen) atoms. The molecule has 0 aliphatic rings. The predicted octanol–water partition coefficient (Wildman–Crippen LogP) is 2.12. The second-order valence-corrected chi connectivity index (χ2v) is 3.49. The van der Waals surface area contributed by atoms with Crippen molar-refractivity contribution in [1.29, 1.82) is 0 Å². The third-order valence-electron chi connectivity index (χ3n) is 2.13. The topological polar surface area (TPSA) is 43.8 Å². The molecule has 0 amide bonds. The van der Waals surface area contributed by atoms with Gasteiger partial charge in [0.05, 0.1) is 6.20 Å². The van der Waals surface area contributed by atoms with Crippen molar-refractivity contribution in [3.8, 4) is 0 Å². The lowest BCUT2D eigenvalue weighted by molar-refractivity contribution is 0.767. The fourth-order valence-corrected chi connectivity index (χ4v) is 1.36. The van der Waals surface area contributed by atoms with Crippen LogP contribution in [0.4, 0.5) is 0 Å². The molecule has 2 N–H and O–H groups in total. The van der Waals surface area contributed by atoms with E-state index >= 15 is 0 Å². The van der Waals surface area contributed by atoms with E-state index in [4.69, 9.17) is 5.73 Å². The van der Waals surface area contributed by atoms with Gasteiger partial charge in [-0.2, -0.15) is 5.10 Å². The molecule has 0 fully saturated rings. The van der Waals surface area contributed by atoms with Gasteiger partial charge in [-0.05, 0) is 12.0 Å². The summed E-state index contributed by atoms with van der Waals surface area (Å²) in [5.41, 5.74) is 7.81. The van der Waals surface area contributed by atoms with Crippen LogP contribution in [0.1, 0.15) is 25.3 Å². The van der Waals surface area contributed by atoms with Gasteiger partial charge in [-0.3, -0.25) is 4.68 Å². The molecule has 0 bridgehead atoms. The molecule has 0 saturated carbocycles. The Balaban J connectivity index is 2.79. The van der Waals surface area contributed by atoms with E-state index in [1.807, 2.05) is 25.5 Å². The van der Waals surface area contributed by atoms with Crippen LogP contribution in [0.15, 0.2) is 30.6 Å². The van der Waals surface area contributed by atoms with Crippen molar-refractivity contribution in [2.45, 2.75) is 19.8 Å². The monoisotopic (exact) mass is 205 g/mol. The summed E-state index contributed by atoms with van der Waals surface area (Å²) in [4.78, 5) is 0. The minimum atomic E-state index is 0.556. The highest BCUT2D eigenvalue weighted by atomic mass is 15.2. The van der Waals surface area contributed by atoms with Gasteiger partial charge < -0.3 is 5.73 Å². The minimum Gasteiger partial charge on any atom is -0.327 e. The maximum absolute atomic E-state index is 5.54. The number of hydrogen-bond acceptors (Lipinski definition) is 2. The molecule has 0 atom stereocenters. The normalized spacial score (nSPS) is 12.6. The van der Waals surface area contributed by atoms with E-state index in [1.165, 1.54) is 6.42 Å². The van der Waals surface area contributed by atoms with Crippen LogP contribution >= 0.6 is 0 Å². The van der Waals surface area contributed by atoms with Crippen molar-refractivity contribution < 1.29 is 0 Å². The highest BCUT2D eigenvalue weighted by molar-refractivity contribution is 5.73.